The zero-order valence-electron chi connectivity index (χ0n) is 13.9. The Morgan fingerprint density at radius 1 is 1.12 bits per heavy atom. The molecule has 7 heteroatoms. The number of carbonyl (C=O) groups excluding carboxylic acids is 1. The van der Waals surface area contributed by atoms with E-state index < -0.39 is 11.5 Å². The van der Waals surface area contributed by atoms with Gasteiger partial charge in [-0.25, -0.2) is 4.98 Å². The molecule has 26 heavy (non-hydrogen) atoms. The zero-order chi connectivity index (χ0) is 18.1. The van der Waals surface area contributed by atoms with Crippen LogP contribution >= 0.6 is 0 Å². The average molecular weight is 348 g/mol. The Labute approximate surface area is 148 Å². The van der Waals surface area contributed by atoms with Crippen molar-refractivity contribution in [3.05, 3.63) is 76.5 Å². The number of benzene rings is 1. The standard InChI is InChI=1S/C19H16N4O3/c1-11(17-21-13-5-2-3-6-14(13)22-17)20-18(24)12-8-9-15(23-19(12)25)16-7-4-10-26-16/h2-11H,1H3,(H,20,24)(H,21,22)(H,23,25)/t11-/m1/s1. The number of H-pyrrole nitrogens is 2. The van der Waals surface area contributed by atoms with E-state index in [9.17, 15) is 9.59 Å². The summed E-state index contributed by atoms with van der Waals surface area (Å²) < 4.78 is 5.24. The van der Waals surface area contributed by atoms with Gasteiger partial charge in [-0.05, 0) is 43.3 Å². The summed E-state index contributed by atoms with van der Waals surface area (Å²) in [6.07, 6.45) is 1.52. The molecule has 7 nitrogen and oxygen atoms in total. The minimum Gasteiger partial charge on any atom is -0.463 e. The number of fused-ring (bicyclic) bond motifs is 1. The summed E-state index contributed by atoms with van der Waals surface area (Å²) in [5, 5.41) is 2.79. The molecule has 1 amide bonds. The van der Waals surface area contributed by atoms with Gasteiger partial charge in [0, 0.05) is 0 Å². The van der Waals surface area contributed by atoms with Gasteiger partial charge in [-0.15, -0.1) is 0 Å². The molecule has 3 aromatic heterocycles. The SMILES string of the molecule is C[C@@H](NC(=O)c1ccc(-c2ccco2)[nH]c1=O)c1nc2ccccc2[nH]1. The highest BCUT2D eigenvalue weighted by Gasteiger charge is 2.17. The number of hydrogen-bond donors (Lipinski definition) is 3. The maximum Gasteiger partial charge on any atom is 0.261 e. The van der Waals surface area contributed by atoms with Crippen LogP contribution in [0.15, 0.2) is 64.0 Å². The summed E-state index contributed by atoms with van der Waals surface area (Å²) in [6, 6.07) is 13.8. The Morgan fingerprint density at radius 3 is 2.69 bits per heavy atom. The quantitative estimate of drug-likeness (QED) is 0.527. The van der Waals surface area contributed by atoms with Crippen molar-refractivity contribution >= 4 is 16.9 Å². The lowest BCUT2D eigenvalue weighted by atomic mass is 10.2. The van der Waals surface area contributed by atoms with Crippen LogP contribution in [0.5, 0.6) is 0 Å². The predicted octanol–water partition coefficient (Wildman–Crippen LogP) is 3.00. The van der Waals surface area contributed by atoms with Crippen LogP contribution in [-0.2, 0) is 0 Å². The van der Waals surface area contributed by atoms with Crippen molar-refractivity contribution in [3.8, 4) is 11.5 Å². The first-order valence-corrected chi connectivity index (χ1v) is 8.14. The number of para-hydroxylation sites is 2. The summed E-state index contributed by atoms with van der Waals surface area (Å²) in [6.45, 7) is 1.81. The van der Waals surface area contributed by atoms with Crippen molar-refractivity contribution in [2.75, 3.05) is 0 Å². The molecule has 1 aromatic carbocycles. The molecule has 1 atom stereocenters. The molecule has 0 fully saturated rings. The Balaban J connectivity index is 1.55. The second-order valence-electron chi connectivity index (χ2n) is 5.93. The number of carbonyl (C=O) groups is 1. The number of aromatic amines is 2. The molecule has 0 saturated heterocycles. The molecule has 0 radical (unpaired) electrons. The smallest absolute Gasteiger partial charge is 0.261 e. The van der Waals surface area contributed by atoms with E-state index in [0.717, 1.165) is 11.0 Å². The predicted molar refractivity (Wildman–Crippen MR) is 96.7 cm³/mol. The van der Waals surface area contributed by atoms with Crippen LogP contribution in [0.25, 0.3) is 22.5 Å². The van der Waals surface area contributed by atoms with Crippen LogP contribution in [0, 0.1) is 0 Å². The Morgan fingerprint density at radius 2 is 1.96 bits per heavy atom. The molecule has 130 valence electrons. The van der Waals surface area contributed by atoms with E-state index in [0.29, 0.717) is 17.3 Å². The van der Waals surface area contributed by atoms with Crippen molar-refractivity contribution in [3.63, 3.8) is 0 Å². The molecule has 0 saturated carbocycles. The molecule has 4 aromatic rings. The van der Waals surface area contributed by atoms with Crippen LogP contribution in [-0.4, -0.2) is 20.9 Å². The third-order valence-corrected chi connectivity index (χ3v) is 4.11. The Hall–Kier alpha value is -3.61. The number of pyridine rings is 1. The largest absolute Gasteiger partial charge is 0.463 e. The number of furan rings is 1. The molecule has 3 N–H and O–H groups in total. The van der Waals surface area contributed by atoms with Gasteiger partial charge in [0.25, 0.3) is 11.5 Å². The van der Waals surface area contributed by atoms with E-state index in [4.69, 9.17) is 4.42 Å². The number of nitrogens with zero attached hydrogens (tertiary/aromatic N) is 1. The van der Waals surface area contributed by atoms with Crippen molar-refractivity contribution in [2.24, 2.45) is 0 Å². The van der Waals surface area contributed by atoms with Gasteiger partial charge in [0.1, 0.15) is 17.1 Å². The second kappa shape index (κ2) is 6.36. The zero-order valence-corrected chi connectivity index (χ0v) is 13.9. The van der Waals surface area contributed by atoms with Crippen molar-refractivity contribution < 1.29 is 9.21 Å². The normalized spacial score (nSPS) is 12.2. The van der Waals surface area contributed by atoms with Crippen LogP contribution in [0.4, 0.5) is 0 Å². The first-order chi connectivity index (χ1) is 12.6. The molecule has 0 spiro atoms. The fraction of sp³-hybridized carbons (Fsp3) is 0.105. The third-order valence-electron chi connectivity index (χ3n) is 4.11. The number of nitrogens with one attached hydrogen (secondary N) is 3. The van der Waals surface area contributed by atoms with E-state index in [1.54, 1.807) is 25.1 Å². The molecule has 4 rings (SSSR count). The minimum absolute atomic E-state index is 0.0308. The molecular formula is C19H16N4O3. The summed E-state index contributed by atoms with van der Waals surface area (Å²) >= 11 is 0. The summed E-state index contributed by atoms with van der Waals surface area (Å²) in [5.41, 5.74) is 1.78. The molecular weight excluding hydrogens is 332 g/mol. The van der Waals surface area contributed by atoms with E-state index >= 15 is 0 Å². The Kier molecular flexibility index (Phi) is 3.89. The van der Waals surface area contributed by atoms with Crippen molar-refractivity contribution in [2.45, 2.75) is 13.0 Å². The van der Waals surface area contributed by atoms with Crippen LogP contribution in [0.3, 0.4) is 0 Å². The molecule has 3 heterocycles. The summed E-state index contributed by atoms with van der Waals surface area (Å²) in [7, 11) is 0. The number of aromatic nitrogens is 3. The van der Waals surface area contributed by atoms with Crippen LogP contribution in [0.2, 0.25) is 0 Å². The monoisotopic (exact) mass is 348 g/mol. The molecule has 0 bridgehead atoms. The molecule has 0 aliphatic carbocycles. The van der Waals surface area contributed by atoms with E-state index in [2.05, 4.69) is 20.3 Å². The van der Waals surface area contributed by atoms with Gasteiger partial charge in [0.05, 0.1) is 29.0 Å². The first-order valence-electron chi connectivity index (χ1n) is 8.14. The highest BCUT2D eigenvalue weighted by atomic mass is 16.3. The highest BCUT2D eigenvalue weighted by molar-refractivity contribution is 5.94. The fourth-order valence-corrected chi connectivity index (χ4v) is 2.75. The van der Waals surface area contributed by atoms with Crippen LogP contribution in [0.1, 0.15) is 29.1 Å². The lowest BCUT2D eigenvalue weighted by Gasteiger charge is -2.11. The summed E-state index contributed by atoms with van der Waals surface area (Å²) in [5.74, 6) is 0.693. The minimum atomic E-state index is -0.479. The molecule has 0 aliphatic heterocycles. The second-order valence-corrected chi connectivity index (χ2v) is 5.93. The van der Waals surface area contributed by atoms with Gasteiger partial charge in [-0.2, -0.15) is 0 Å². The fourth-order valence-electron chi connectivity index (χ4n) is 2.75. The van der Waals surface area contributed by atoms with Gasteiger partial charge < -0.3 is 19.7 Å². The third kappa shape index (κ3) is 2.90. The van der Waals surface area contributed by atoms with Gasteiger partial charge in [-0.1, -0.05) is 12.1 Å². The Bertz CT molecular complexity index is 1090. The van der Waals surface area contributed by atoms with E-state index in [1.807, 2.05) is 24.3 Å². The maximum atomic E-state index is 12.5. The lowest BCUT2D eigenvalue weighted by Crippen LogP contribution is -2.32. The first kappa shape index (κ1) is 15.9. The number of amides is 1. The van der Waals surface area contributed by atoms with E-state index in [1.165, 1.54) is 12.3 Å². The van der Waals surface area contributed by atoms with Gasteiger partial charge in [0.15, 0.2) is 0 Å². The summed E-state index contributed by atoms with van der Waals surface area (Å²) in [4.78, 5) is 35.0. The van der Waals surface area contributed by atoms with Gasteiger partial charge >= 0.3 is 0 Å². The number of rotatable bonds is 4. The average Bonchev–Trinajstić information content (AvgIpc) is 3.31. The molecule has 0 unspecified atom stereocenters. The number of hydrogen-bond acceptors (Lipinski definition) is 4. The number of imidazole rings is 1. The van der Waals surface area contributed by atoms with Crippen molar-refractivity contribution in [1.29, 1.82) is 0 Å². The molecule has 0 aliphatic rings. The topological polar surface area (TPSA) is 104 Å². The lowest BCUT2D eigenvalue weighted by molar-refractivity contribution is 0.0937. The van der Waals surface area contributed by atoms with E-state index in [-0.39, 0.29) is 11.6 Å². The van der Waals surface area contributed by atoms with Gasteiger partial charge in [-0.3, -0.25) is 9.59 Å². The van der Waals surface area contributed by atoms with Crippen molar-refractivity contribution in [1.82, 2.24) is 20.3 Å². The van der Waals surface area contributed by atoms with Crippen LogP contribution < -0.4 is 10.9 Å². The van der Waals surface area contributed by atoms with Gasteiger partial charge in [0.2, 0.25) is 0 Å². The maximum absolute atomic E-state index is 12.5. The highest BCUT2D eigenvalue weighted by Crippen LogP contribution is 2.17.